The second kappa shape index (κ2) is 6.44. The fourth-order valence-corrected chi connectivity index (χ4v) is 2.99. The van der Waals surface area contributed by atoms with Crippen LogP contribution in [0.1, 0.15) is 0 Å². The minimum Gasteiger partial charge on any atom is -0.387 e. The first kappa shape index (κ1) is 18.1. The molecule has 1 aliphatic heterocycles. The number of ether oxygens (including phenoxy) is 1. The van der Waals surface area contributed by atoms with Crippen LogP contribution in [-0.2, 0) is 22.7 Å². The van der Waals surface area contributed by atoms with Crippen molar-refractivity contribution in [2.75, 3.05) is 6.61 Å². The molecule has 0 aliphatic carbocycles. The number of rotatable bonds is 5. The van der Waals surface area contributed by atoms with E-state index in [-0.39, 0.29) is 0 Å². The van der Waals surface area contributed by atoms with Gasteiger partial charge in [0, 0.05) is 0 Å². The summed E-state index contributed by atoms with van der Waals surface area (Å²) in [4.78, 5) is 25.6. The van der Waals surface area contributed by atoms with E-state index in [4.69, 9.17) is 24.9 Å². The average Bonchev–Trinajstić information content (AvgIpc) is 2.26. The van der Waals surface area contributed by atoms with Gasteiger partial charge in [-0.05, 0) is 0 Å². The maximum atomic E-state index is 11.1. The molecule has 1 saturated heterocycles. The number of aliphatic hydroxyl groups excluding tert-OH is 4. The lowest BCUT2D eigenvalue weighted by atomic mass is 10.00. The normalized spacial score (nSPS) is 38.5. The van der Waals surface area contributed by atoms with Crippen LogP contribution in [0.4, 0.5) is 0 Å². The Kier molecular flexibility index (Phi) is 5.83. The van der Waals surface area contributed by atoms with Crippen molar-refractivity contribution in [2.24, 2.45) is 0 Å². The molecule has 0 saturated carbocycles. The number of phosphoric ester groups is 1. The van der Waals surface area contributed by atoms with Crippen LogP contribution >= 0.6 is 15.6 Å². The van der Waals surface area contributed by atoms with Gasteiger partial charge in [0.25, 0.3) is 0 Å². The molecule has 0 aromatic rings. The Hall–Kier alpha value is 0.0600. The Labute approximate surface area is 112 Å². The van der Waals surface area contributed by atoms with Crippen LogP contribution in [0.25, 0.3) is 0 Å². The Morgan fingerprint density at radius 2 is 1.50 bits per heavy atom. The molecule has 1 heterocycles. The first-order valence-corrected chi connectivity index (χ1v) is 8.07. The lowest BCUT2D eigenvalue weighted by molar-refractivity contribution is -0.285. The standard InChI is InChI=1S/C6H14O12P2/c7-3-2(17-6(10)5(9)4(3)8)1-16-20(14,15)18-19(11,12)13/h2-10H,1H2,(H,14,15)(H2,11,12,13)/t2-,3-,4+,5+,6?/m1/s1. The van der Waals surface area contributed by atoms with Crippen molar-refractivity contribution in [2.45, 2.75) is 30.7 Å². The highest BCUT2D eigenvalue weighted by molar-refractivity contribution is 7.60. The van der Waals surface area contributed by atoms with Crippen molar-refractivity contribution in [3.8, 4) is 0 Å². The maximum Gasteiger partial charge on any atom is 0.481 e. The summed E-state index contributed by atoms with van der Waals surface area (Å²) in [6.45, 7) is -0.949. The Balaban J connectivity index is 2.61. The molecular formula is C6H14O12P2. The molecule has 0 spiro atoms. The second-order valence-corrected chi connectivity index (χ2v) is 6.70. The molecule has 0 bridgehead atoms. The molecule has 0 aromatic carbocycles. The van der Waals surface area contributed by atoms with Crippen molar-refractivity contribution in [1.82, 2.24) is 0 Å². The lowest BCUT2D eigenvalue weighted by Gasteiger charge is -2.38. The molecular weight excluding hydrogens is 326 g/mol. The van der Waals surface area contributed by atoms with Crippen LogP contribution in [-0.4, -0.2) is 72.4 Å². The van der Waals surface area contributed by atoms with Crippen LogP contribution in [0.2, 0.25) is 0 Å². The van der Waals surface area contributed by atoms with Gasteiger partial charge in [0.2, 0.25) is 0 Å². The summed E-state index contributed by atoms with van der Waals surface area (Å²) in [5.41, 5.74) is 0. The molecule has 14 heteroatoms. The van der Waals surface area contributed by atoms with Gasteiger partial charge in [-0.2, -0.15) is 4.31 Å². The van der Waals surface area contributed by atoms with Crippen molar-refractivity contribution in [1.29, 1.82) is 0 Å². The number of hydrogen-bond donors (Lipinski definition) is 7. The zero-order chi connectivity index (χ0) is 15.7. The molecule has 2 unspecified atom stereocenters. The summed E-state index contributed by atoms with van der Waals surface area (Å²) in [5, 5.41) is 37.1. The highest BCUT2D eigenvalue weighted by atomic mass is 31.3. The lowest BCUT2D eigenvalue weighted by Crippen LogP contribution is -2.58. The second-order valence-electron chi connectivity index (χ2n) is 3.87. The van der Waals surface area contributed by atoms with E-state index in [1.54, 1.807) is 0 Å². The average molecular weight is 340 g/mol. The summed E-state index contributed by atoms with van der Waals surface area (Å²) in [5.74, 6) is 0. The van der Waals surface area contributed by atoms with E-state index >= 15 is 0 Å². The summed E-state index contributed by atoms with van der Waals surface area (Å²) >= 11 is 0. The van der Waals surface area contributed by atoms with Crippen molar-refractivity contribution in [3.05, 3.63) is 0 Å². The summed E-state index contributed by atoms with van der Waals surface area (Å²) in [6, 6.07) is 0. The predicted molar refractivity (Wildman–Crippen MR) is 57.8 cm³/mol. The SMILES string of the molecule is O=P(O)(O)OP(=O)(O)OC[C@H]1OC(O)[C@@H](O)[C@@H](O)[C@@H]1O. The molecule has 12 nitrogen and oxygen atoms in total. The van der Waals surface area contributed by atoms with Gasteiger partial charge in [-0.15, -0.1) is 0 Å². The summed E-state index contributed by atoms with van der Waals surface area (Å²) in [7, 11) is -10.4. The van der Waals surface area contributed by atoms with E-state index in [2.05, 4.69) is 13.6 Å². The monoisotopic (exact) mass is 340 g/mol. The van der Waals surface area contributed by atoms with E-state index in [0.717, 1.165) is 0 Å². The Morgan fingerprint density at radius 3 is 2.00 bits per heavy atom. The van der Waals surface area contributed by atoms with Gasteiger partial charge in [0.05, 0.1) is 6.61 Å². The van der Waals surface area contributed by atoms with Crippen LogP contribution in [0.3, 0.4) is 0 Å². The summed E-state index contributed by atoms with van der Waals surface area (Å²) < 4.78 is 33.7. The smallest absolute Gasteiger partial charge is 0.387 e. The van der Waals surface area contributed by atoms with Crippen LogP contribution in [0.15, 0.2) is 0 Å². The molecule has 1 aliphatic rings. The van der Waals surface area contributed by atoms with E-state index in [1.165, 1.54) is 0 Å². The number of phosphoric acid groups is 2. The minimum absolute atomic E-state index is 0.949. The predicted octanol–water partition coefficient (Wildman–Crippen LogP) is -2.99. The fraction of sp³-hybridized carbons (Fsp3) is 1.00. The van der Waals surface area contributed by atoms with Gasteiger partial charge in [0.15, 0.2) is 6.29 Å². The molecule has 1 rings (SSSR count). The topological polar surface area (TPSA) is 203 Å². The van der Waals surface area contributed by atoms with Crippen LogP contribution < -0.4 is 0 Å². The third kappa shape index (κ3) is 5.11. The first-order chi connectivity index (χ1) is 8.93. The quantitative estimate of drug-likeness (QED) is 0.250. The zero-order valence-corrected chi connectivity index (χ0v) is 11.4. The van der Waals surface area contributed by atoms with E-state index in [0.29, 0.717) is 0 Å². The largest absolute Gasteiger partial charge is 0.481 e. The fourth-order valence-electron chi connectivity index (χ4n) is 1.39. The molecule has 7 N–H and O–H groups in total. The minimum atomic E-state index is -5.29. The van der Waals surface area contributed by atoms with Gasteiger partial charge in [-0.1, -0.05) is 0 Å². The molecule has 0 amide bonds. The molecule has 6 atom stereocenters. The number of hydrogen-bond acceptors (Lipinski definition) is 9. The molecule has 0 radical (unpaired) electrons. The van der Waals surface area contributed by atoms with Gasteiger partial charge in [-0.25, -0.2) is 9.13 Å². The highest BCUT2D eigenvalue weighted by Gasteiger charge is 2.44. The highest BCUT2D eigenvalue weighted by Crippen LogP contribution is 2.57. The van der Waals surface area contributed by atoms with Crippen LogP contribution in [0, 0.1) is 0 Å². The summed E-state index contributed by atoms with van der Waals surface area (Å²) in [6.07, 6.45) is -8.81. The van der Waals surface area contributed by atoms with Crippen molar-refractivity contribution >= 4 is 15.6 Å². The molecule has 1 fully saturated rings. The zero-order valence-electron chi connectivity index (χ0n) is 9.66. The van der Waals surface area contributed by atoms with Gasteiger partial charge in [-0.3, -0.25) is 4.52 Å². The Morgan fingerprint density at radius 1 is 0.950 bits per heavy atom. The molecule has 0 aromatic heterocycles. The third-order valence-corrected chi connectivity index (χ3v) is 4.45. The van der Waals surface area contributed by atoms with E-state index in [1.807, 2.05) is 0 Å². The Bertz CT molecular complexity index is 420. The van der Waals surface area contributed by atoms with Crippen LogP contribution in [0.5, 0.6) is 0 Å². The van der Waals surface area contributed by atoms with Crippen molar-refractivity contribution in [3.63, 3.8) is 0 Å². The molecule has 120 valence electrons. The number of aliphatic hydroxyl groups is 4. The van der Waals surface area contributed by atoms with Gasteiger partial charge >= 0.3 is 15.6 Å². The third-order valence-electron chi connectivity index (χ3n) is 2.30. The maximum absolute atomic E-state index is 11.1. The van der Waals surface area contributed by atoms with E-state index < -0.39 is 53.0 Å². The first-order valence-electron chi connectivity index (χ1n) is 5.05. The van der Waals surface area contributed by atoms with Gasteiger partial charge in [0.1, 0.15) is 24.4 Å². The van der Waals surface area contributed by atoms with E-state index in [9.17, 15) is 19.3 Å². The van der Waals surface area contributed by atoms with Crippen molar-refractivity contribution < 1.29 is 57.8 Å². The van der Waals surface area contributed by atoms with Gasteiger partial charge < -0.3 is 39.8 Å². The molecule has 20 heavy (non-hydrogen) atoms.